The van der Waals surface area contributed by atoms with Gasteiger partial charge in [-0.1, -0.05) is 0 Å². The second kappa shape index (κ2) is 6.52. The summed E-state index contributed by atoms with van der Waals surface area (Å²) in [5.41, 5.74) is 1.22. The molecule has 20 heavy (non-hydrogen) atoms. The summed E-state index contributed by atoms with van der Waals surface area (Å²) in [6.07, 6.45) is 6.65. The number of ether oxygens (including phenoxy) is 1. The first-order valence-electron chi connectivity index (χ1n) is 7.33. The highest BCUT2D eigenvalue weighted by molar-refractivity contribution is 9.10. The van der Waals surface area contributed by atoms with E-state index in [1.54, 1.807) is 0 Å². The Labute approximate surface area is 128 Å². The maximum absolute atomic E-state index is 10.2. The molecule has 3 atom stereocenters. The monoisotopic (exact) mass is 340 g/mol. The summed E-state index contributed by atoms with van der Waals surface area (Å²) in [5.74, 6) is 0.256. The first-order valence-corrected chi connectivity index (χ1v) is 8.12. The van der Waals surface area contributed by atoms with E-state index in [1.165, 1.54) is 12.0 Å². The van der Waals surface area contributed by atoms with Crippen LogP contribution in [0.25, 0.3) is 0 Å². The van der Waals surface area contributed by atoms with Crippen molar-refractivity contribution in [3.8, 4) is 0 Å². The van der Waals surface area contributed by atoms with Gasteiger partial charge in [-0.15, -0.1) is 0 Å². The minimum absolute atomic E-state index is 0.213. The maximum Gasteiger partial charge on any atom is 0.0627 e. The van der Waals surface area contributed by atoms with Crippen LogP contribution in [0.1, 0.15) is 24.8 Å². The highest BCUT2D eigenvalue weighted by Gasteiger charge is 2.37. The zero-order valence-electron chi connectivity index (χ0n) is 11.5. The first kappa shape index (κ1) is 14.4. The molecular weight excluding hydrogens is 320 g/mol. The van der Waals surface area contributed by atoms with E-state index in [9.17, 15) is 5.11 Å². The number of aliphatic hydroxyl groups is 1. The Morgan fingerprint density at radius 2 is 2.30 bits per heavy atom. The lowest BCUT2D eigenvalue weighted by Gasteiger charge is -2.37. The summed E-state index contributed by atoms with van der Waals surface area (Å²) in [5, 5.41) is 10.2. The van der Waals surface area contributed by atoms with E-state index < -0.39 is 0 Å². The van der Waals surface area contributed by atoms with Crippen LogP contribution in [0, 0.1) is 5.92 Å². The Morgan fingerprint density at radius 1 is 1.40 bits per heavy atom. The number of rotatable bonds is 3. The lowest BCUT2D eigenvalue weighted by Crippen LogP contribution is -2.45. The Hall–Kier alpha value is -0.490. The molecule has 3 heterocycles. The van der Waals surface area contributed by atoms with Gasteiger partial charge in [-0.25, -0.2) is 0 Å². The molecule has 0 radical (unpaired) electrons. The van der Waals surface area contributed by atoms with Gasteiger partial charge in [0.05, 0.1) is 12.7 Å². The molecule has 0 aliphatic carbocycles. The molecule has 2 aliphatic rings. The van der Waals surface area contributed by atoms with Crippen molar-refractivity contribution in [3.05, 3.63) is 28.5 Å². The number of nitrogens with zero attached hydrogens (tertiary/aromatic N) is 2. The molecule has 1 N–H and O–H groups in total. The highest BCUT2D eigenvalue weighted by Crippen LogP contribution is 2.31. The number of pyridine rings is 1. The summed E-state index contributed by atoms with van der Waals surface area (Å²) in [6, 6.07) is 2.56. The Kier molecular flexibility index (Phi) is 4.71. The van der Waals surface area contributed by atoms with E-state index in [0.717, 1.165) is 30.4 Å². The fourth-order valence-electron chi connectivity index (χ4n) is 3.43. The summed E-state index contributed by atoms with van der Waals surface area (Å²) in [6.45, 7) is 3.39. The van der Waals surface area contributed by atoms with Gasteiger partial charge in [0.1, 0.15) is 0 Å². The molecular formula is C15H21BrN2O2. The summed E-state index contributed by atoms with van der Waals surface area (Å²) in [7, 11) is 0. The molecule has 5 heteroatoms. The molecule has 0 bridgehead atoms. The molecule has 2 fully saturated rings. The van der Waals surface area contributed by atoms with Gasteiger partial charge in [-0.05, 0) is 53.4 Å². The molecule has 110 valence electrons. The summed E-state index contributed by atoms with van der Waals surface area (Å²) in [4.78, 5) is 6.71. The van der Waals surface area contributed by atoms with Crippen LogP contribution < -0.4 is 0 Å². The predicted octanol–water partition coefficient (Wildman–Crippen LogP) is 2.21. The molecule has 2 saturated heterocycles. The number of aromatic nitrogens is 1. The zero-order valence-corrected chi connectivity index (χ0v) is 13.1. The molecule has 0 unspecified atom stereocenters. The molecule has 1 aromatic rings. The molecule has 0 amide bonds. The summed E-state index contributed by atoms with van der Waals surface area (Å²) >= 11 is 3.47. The van der Waals surface area contributed by atoms with E-state index in [0.29, 0.717) is 19.3 Å². The molecule has 3 rings (SSSR count). The Morgan fingerprint density at radius 3 is 3.10 bits per heavy atom. The lowest BCUT2D eigenvalue weighted by molar-refractivity contribution is -0.0636. The van der Waals surface area contributed by atoms with E-state index in [2.05, 4.69) is 31.9 Å². The first-order chi connectivity index (χ1) is 9.74. The SMILES string of the molecule is O[C@@H]1CCOC[C@@H]1[C@@H]1CCCN1Cc1cncc(Br)c1. The third-order valence-electron chi connectivity index (χ3n) is 4.42. The minimum Gasteiger partial charge on any atom is -0.393 e. The molecule has 0 aromatic carbocycles. The van der Waals surface area contributed by atoms with Crippen LogP contribution in [0.2, 0.25) is 0 Å². The normalized spacial score (nSPS) is 31.6. The average Bonchev–Trinajstić information content (AvgIpc) is 2.87. The number of likely N-dealkylation sites (tertiary alicyclic amines) is 1. The van der Waals surface area contributed by atoms with Gasteiger partial charge >= 0.3 is 0 Å². The van der Waals surface area contributed by atoms with Gasteiger partial charge in [0.15, 0.2) is 0 Å². The zero-order chi connectivity index (χ0) is 13.9. The van der Waals surface area contributed by atoms with Gasteiger partial charge in [0, 0.05) is 42.0 Å². The van der Waals surface area contributed by atoms with Gasteiger partial charge in [0.2, 0.25) is 0 Å². The number of hydrogen-bond acceptors (Lipinski definition) is 4. The van der Waals surface area contributed by atoms with Crippen molar-refractivity contribution in [2.24, 2.45) is 5.92 Å². The molecule has 2 aliphatic heterocycles. The Balaban J connectivity index is 1.69. The van der Waals surface area contributed by atoms with Crippen molar-refractivity contribution in [1.82, 2.24) is 9.88 Å². The fraction of sp³-hybridized carbons (Fsp3) is 0.667. The van der Waals surface area contributed by atoms with Crippen LogP contribution in [-0.4, -0.2) is 46.9 Å². The second-order valence-corrected chi connectivity index (χ2v) is 6.70. The highest BCUT2D eigenvalue weighted by atomic mass is 79.9. The maximum atomic E-state index is 10.2. The third-order valence-corrected chi connectivity index (χ3v) is 4.85. The van der Waals surface area contributed by atoms with E-state index >= 15 is 0 Å². The second-order valence-electron chi connectivity index (χ2n) is 5.79. The van der Waals surface area contributed by atoms with Crippen LogP contribution in [-0.2, 0) is 11.3 Å². The number of aliphatic hydroxyl groups excluding tert-OH is 1. The van der Waals surface area contributed by atoms with Crippen LogP contribution in [0.5, 0.6) is 0 Å². The van der Waals surface area contributed by atoms with E-state index in [1.807, 2.05) is 12.4 Å². The lowest BCUT2D eigenvalue weighted by atomic mass is 9.89. The Bertz CT molecular complexity index is 457. The standard InChI is InChI=1S/C15H21BrN2O2/c16-12-6-11(7-17-8-12)9-18-4-1-2-14(18)13-10-20-5-3-15(13)19/h6-8,13-15,19H,1-5,9-10H2/t13-,14+,15-/m1/s1. The molecule has 0 saturated carbocycles. The van der Waals surface area contributed by atoms with Crippen molar-refractivity contribution < 1.29 is 9.84 Å². The van der Waals surface area contributed by atoms with Crippen molar-refractivity contribution in [1.29, 1.82) is 0 Å². The summed E-state index contributed by atoms with van der Waals surface area (Å²) < 4.78 is 6.60. The molecule has 1 aromatic heterocycles. The van der Waals surface area contributed by atoms with Crippen LogP contribution in [0.3, 0.4) is 0 Å². The average molecular weight is 341 g/mol. The predicted molar refractivity (Wildman–Crippen MR) is 80.3 cm³/mol. The fourth-order valence-corrected chi connectivity index (χ4v) is 3.84. The van der Waals surface area contributed by atoms with E-state index in [4.69, 9.17) is 4.74 Å². The van der Waals surface area contributed by atoms with Crippen molar-refractivity contribution >= 4 is 15.9 Å². The van der Waals surface area contributed by atoms with Gasteiger partial charge in [-0.2, -0.15) is 0 Å². The largest absolute Gasteiger partial charge is 0.393 e. The van der Waals surface area contributed by atoms with Gasteiger partial charge in [-0.3, -0.25) is 9.88 Å². The van der Waals surface area contributed by atoms with Crippen molar-refractivity contribution in [2.45, 2.75) is 38.0 Å². The van der Waals surface area contributed by atoms with E-state index in [-0.39, 0.29) is 12.0 Å². The molecule has 0 spiro atoms. The topological polar surface area (TPSA) is 45.6 Å². The quantitative estimate of drug-likeness (QED) is 0.916. The minimum atomic E-state index is -0.213. The van der Waals surface area contributed by atoms with Gasteiger partial charge < -0.3 is 9.84 Å². The third kappa shape index (κ3) is 3.22. The van der Waals surface area contributed by atoms with Crippen LogP contribution in [0.15, 0.2) is 22.9 Å². The van der Waals surface area contributed by atoms with Crippen LogP contribution >= 0.6 is 15.9 Å². The van der Waals surface area contributed by atoms with Crippen molar-refractivity contribution in [3.63, 3.8) is 0 Å². The number of halogens is 1. The van der Waals surface area contributed by atoms with Crippen molar-refractivity contribution in [2.75, 3.05) is 19.8 Å². The van der Waals surface area contributed by atoms with Crippen LogP contribution in [0.4, 0.5) is 0 Å². The number of hydrogen-bond donors (Lipinski definition) is 1. The van der Waals surface area contributed by atoms with Gasteiger partial charge in [0.25, 0.3) is 0 Å². The molecule has 4 nitrogen and oxygen atoms in total. The smallest absolute Gasteiger partial charge is 0.0627 e.